The van der Waals surface area contributed by atoms with Crippen LogP contribution >= 0.6 is 23.2 Å². The molecular weight excluding hydrogens is 783 g/mol. The molecule has 0 spiro atoms. The van der Waals surface area contributed by atoms with Gasteiger partial charge in [0.05, 0.1) is 38.2 Å². The van der Waals surface area contributed by atoms with Crippen molar-refractivity contribution in [2.45, 2.75) is 77.3 Å². The second kappa shape index (κ2) is 15.8. The van der Waals surface area contributed by atoms with Crippen molar-refractivity contribution in [2.24, 2.45) is 24.9 Å². The smallest absolute Gasteiger partial charge is 0.309 e. The number of imidazole rings is 2. The number of nitrogens with zero attached hydrogens (tertiary/aromatic N) is 6. The normalized spacial score (nSPS) is 21.4. The molecular formula is C42H48Cl2N8O6. The summed E-state index contributed by atoms with van der Waals surface area (Å²) in [6, 6.07) is 10.6. The topological polar surface area (TPSA) is 175 Å². The van der Waals surface area contributed by atoms with Crippen LogP contribution in [0.2, 0.25) is 10.0 Å². The quantitative estimate of drug-likeness (QED) is 0.114. The molecule has 4 aromatic rings. The largest absolute Gasteiger partial charge is 0.481 e. The lowest BCUT2D eigenvalue weighted by Crippen LogP contribution is -2.34. The molecule has 14 nitrogen and oxygen atoms in total. The van der Waals surface area contributed by atoms with Gasteiger partial charge in [-0.3, -0.25) is 29.0 Å². The van der Waals surface area contributed by atoms with Gasteiger partial charge in [0, 0.05) is 82.1 Å². The van der Waals surface area contributed by atoms with Gasteiger partial charge in [0.2, 0.25) is 0 Å². The van der Waals surface area contributed by atoms with Gasteiger partial charge >= 0.3 is 11.9 Å². The molecule has 16 heteroatoms. The fourth-order valence-corrected chi connectivity index (χ4v) is 10.3. The summed E-state index contributed by atoms with van der Waals surface area (Å²) < 4.78 is 3.65. The van der Waals surface area contributed by atoms with E-state index in [1.165, 1.54) is 0 Å². The van der Waals surface area contributed by atoms with Gasteiger partial charge in [-0.15, -0.1) is 0 Å². The van der Waals surface area contributed by atoms with E-state index >= 15 is 0 Å². The molecule has 4 heterocycles. The number of carbonyl (C=O) groups excluding carboxylic acids is 2. The molecule has 0 saturated heterocycles. The SMILES string of the molecule is Cn1c(C(=O)Nc2cccc(-c3cccc(NC(=O)c4nc5c(n4C)CCN(CCC46CCC(C(=O)O)(CC4)C6)C5)c3Cl)c2Cl)nc2c1CCN(CCCC(=O)O)C2. The first-order chi connectivity index (χ1) is 27.8. The molecule has 2 amide bonds. The van der Waals surface area contributed by atoms with Crippen LogP contribution in [0.25, 0.3) is 11.1 Å². The van der Waals surface area contributed by atoms with Crippen LogP contribution in [0.3, 0.4) is 0 Å². The third-order valence-corrected chi connectivity index (χ3v) is 13.9. The Morgan fingerprint density at radius 1 is 0.741 bits per heavy atom. The van der Waals surface area contributed by atoms with Gasteiger partial charge in [-0.25, -0.2) is 9.97 Å². The first-order valence-electron chi connectivity index (χ1n) is 20.0. The molecule has 4 N–H and O–H groups in total. The van der Waals surface area contributed by atoms with Gasteiger partial charge < -0.3 is 30.0 Å². The molecule has 0 radical (unpaired) electrons. The van der Waals surface area contributed by atoms with E-state index in [0.29, 0.717) is 55.0 Å². The molecule has 4 aliphatic rings. The van der Waals surface area contributed by atoms with Crippen LogP contribution < -0.4 is 10.6 Å². The van der Waals surface area contributed by atoms with Crippen molar-refractivity contribution in [1.29, 1.82) is 0 Å². The predicted octanol–water partition coefficient (Wildman–Crippen LogP) is 6.64. The lowest BCUT2D eigenvalue weighted by Gasteiger charge is -2.32. The summed E-state index contributed by atoms with van der Waals surface area (Å²) in [6.07, 6.45) is 7.42. The molecule has 2 aliphatic carbocycles. The van der Waals surface area contributed by atoms with Gasteiger partial charge in [-0.1, -0.05) is 47.5 Å². The van der Waals surface area contributed by atoms with Crippen molar-refractivity contribution in [2.75, 3.05) is 36.8 Å². The van der Waals surface area contributed by atoms with Gasteiger partial charge in [0.15, 0.2) is 11.6 Å². The van der Waals surface area contributed by atoms with Crippen molar-refractivity contribution in [3.8, 4) is 11.1 Å². The summed E-state index contributed by atoms with van der Waals surface area (Å²) in [5, 5.41) is 25.2. The highest BCUT2D eigenvalue weighted by Gasteiger charge is 2.57. The molecule has 0 unspecified atom stereocenters. The van der Waals surface area contributed by atoms with Crippen molar-refractivity contribution in [1.82, 2.24) is 28.9 Å². The highest BCUT2D eigenvalue weighted by molar-refractivity contribution is 6.40. The second-order valence-corrected chi connectivity index (χ2v) is 17.3. The Labute approximate surface area is 346 Å². The molecule has 0 atom stereocenters. The molecule has 306 valence electrons. The minimum atomic E-state index is -0.816. The van der Waals surface area contributed by atoms with E-state index in [9.17, 15) is 24.3 Å². The Morgan fingerprint density at radius 3 is 1.71 bits per heavy atom. The van der Waals surface area contributed by atoms with Crippen LogP contribution in [0.5, 0.6) is 0 Å². The highest BCUT2D eigenvalue weighted by Crippen LogP contribution is 2.63. The van der Waals surface area contributed by atoms with Crippen molar-refractivity contribution in [3.05, 3.63) is 80.9 Å². The number of halogens is 2. The average molecular weight is 832 g/mol. The van der Waals surface area contributed by atoms with Crippen LogP contribution in [0.15, 0.2) is 36.4 Å². The summed E-state index contributed by atoms with van der Waals surface area (Å²) in [6.45, 7) is 4.30. The second-order valence-electron chi connectivity index (χ2n) is 16.6. The average Bonchev–Trinajstić information content (AvgIpc) is 3.96. The summed E-state index contributed by atoms with van der Waals surface area (Å²) in [7, 11) is 3.67. The zero-order valence-electron chi connectivity index (χ0n) is 32.7. The number of aromatic nitrogens is 4. The lowest BCUT2D eigenvalue weighted by molar-refractivity contribution is -0.148. The van der Waals surface area contributed by atoms with Crippen LogP contribution in [-0.2, 0) is 49.6 Å². The first-order valence-corrected chi connectivity index (χ1v) is 20.7. The minimum absolute atomic E-state index is 0.109. The number of fused-ring (bicyclic) bond motifs is 4. The maximum Gasteiger partial charge on any atom is 0.309 e. The number of anilines is 2. The molecule has 2 saturated carbocycles. The number of carboxylic acids is 2. The Hall–Kier alpha value is -4.76. The number of rotatable bonds is 13. The van der Waals surface area contributed by atoms with Gasteiger partial charge in [0.1, 0.15) is 0 Å². The molecule has 2 aliphatic heterocycles. The molecule has 2 bridgehead atoms. The zero-order chi connectivity index (χ0) is 40.9. The summed E-state index contributed by atoms with van der Waals surface area (Å²) in [5.74, 6) is -1.73. The van der Waals surface area contributed by atoms with Gasteiger partial charge in [0.25, 0.3) is 11.8 Å². The fraction of sp³-hybridized carbons (Fsp3) is 0.476. The van der Waals surface area contributed by atoms with E-state index in [1.807, 2.05) is 18.7 Å². The maximum atomic E-state index is 13.8. The van der Waals surface area contributed by atoms with E-state index in [1.54, 1.807) is 41.0 Å². The Balaban J connectivity index is 0.924. The summed E-state index contributed by atoms with van der Waals surface area (Å²) in [5.41, 5.74) is 5.16. The molecule has 58 heavy (non-hydrogen) atoms. The Kier molecular flexibility index (Phi) is 10.9. The van der Waals surface area contributed by atoms with Crippen molar-refractivity contribution >= 4 is 58.3 Å². The van der Waals surface area contributed by atoms with Gasteiger partial charge in [-0.2, -0.15) is 0 Å². The minimum Gasteiger partial charge on any atom is -0.481 e. The van der Waals surface area contributed by atoms with E-state index in [-0.39, 0.29) is 33.5 Å². The van der Waals surface area contributed by atoms with Crippen LogP contribution in [-0.4, -0.2) is 89.0 Å². The predicted molar refractivity (Wildman–Crippen MR) is 219 cm³/mol. The Morgan fingerprint density at radius 2 is 1.24 bits per heavy atom. The Bertz CT molecular complexity index is 2310. The number of carboxylic acid groups (broad SMARTS) is 2. The lowest BCUT2D eigenvalue weighted by atomic mass is 9.80. The number of hydrogen-bond acceptors (Lipinski definition) is 8. The van der Waals surface area contributed by atoms with Crippen LogP contribution in [0, 0.1) is 10.8 Å². The van der Waals surface area contributed by atoms with E-state index < -0.39 is 29.2 Å². The number of aliphatic carboxylic acids is 2. The van der Waals surface area contributed by atoms with E-state index in [2.05, 4.69) is 25.4 Å². The number of carbonyl (C=O) groups is 4. The molecule has 8 rings (SSSR count). The zero-order valence-corrected chi connectivity index (χ0v) is 34.3. The van der Waals surface area contributed by atoms with Crippen LogP contribution in [0.4, 0.5) is 11.4 Å². The van der Waals surface area contributed by atoms with Crippen LogP contribution in [0.1, 0.15) is 95.4 Å². The molecule has 2 aromatic heterocycles. The standard InChI is InChI=1S/C42H48Cl2N8O6/c1-49-31-11-19-51(18-5-10-33(53)54)22-29(31)45-36(49)38(55)47-27-8-3-6-25(34(27)43)26-7-4-9-28(35(26)44)48-39(56)37-46-30-23-52(20-12-32(30)50(37)2)21-17-41-13-15-42(24-41,16-14-41)40(57)58/h3-4,6-9H,5,10-24H2,1-2H3,(H,47,55)(H,48,56)(H,53,54)(H,57,58). The third kappa shape index (κ3) is 7.51. The monoisotopic (exact) mass is 830 g/mol. The summed E-state index contributed by atoms with van der Waals surface area (Å²) in [4.78, 5) is 64.2. The maximum absolute atomic E-state index is 13.8. The van der Waals surface area contributed by atoms with Crippen molar-refractivity contribution < 1.29 is 29.4 Å². The first kappa shape index (κ1) is 40.0. The molecule has 2 fully saturated rings. The van der Waals surface area contributed by atoms with E-state index in [4.69, 9.17) is 33.3 Å². The number of hydrogen-bond donors (Lipinski definition) is 4. The highest BCUT2D eigenvalue weighted by atomic mass is 35.5. The summed E-state index contributed by atoms with van der Waals surface area (Å²) >= 11 is 13.9. The number of benzene rings is 2. The van der Waals surface area contributed by atoms with E-state index in [0.717, 1.165) is 87.4 Å². The molecule has 2 aromatic carbocycles. The number of amides is 2. The van der Waals surface area contributed by atoms with Crippen molar-refractivity contribution in [3.63, 3.8) is 0 Å². The third-order valence-electron chi connectivity index (χ3n) is 13.1. The van der Waals surface area contributed by atoms with Gasteiger partial charge in [-0.05, 0) is 75.6 Å². The number of nitrogens with one attached hydrogen (secondary N) is 2. The fourth-order valence-electron chi connectivity index (χ4n) is 9.79.